The number of nitrogens with one attached hydrogen (secondary N) is 1. The first-order valence-electron chi connectivity index (χ1n) is 7.66. The molecule has 0 saturated carbocycles. The Kier molecular flexibility index (Phi) is 7.12. The Morgan fingerprint density at radius 1 is 1.29 bits per heavy atom. The molecule has 1 unspecified atom stereocenters. The highest BCUT2D eigenvalue weighted by atomic mass is 16.5. The summed E-state index contributed by atoms with van der Waals surface area (Å²) in [7, 11) is 3.46. The lowest BCUT2D eigenvalue weighted by molar-refractivity contribution is 0.191. The molecule has 1 aromatic rings. The molecule has 0 aromatic carbocycles. The minimum atomic E-state index is 0.186. The molecule has 0 fully saturated rings. The summed E-state index contributed by atoms with van der Waals surface area (Å²) in [5.74, 6) is 0.964. The number of methoxy groups -OCH3 is 2. The third-order valence-electron chi connectivity index (χ3n) is 4.23. The van der Waals surface area contributed by atoms with Crippen molar-refractivity contribution >= 4 is 0 Å². The van der Waals surface area contributed by atoms with Gasteiger partial charge in [0.2, 0.25) is 0 Å². The van der Waals surface area contributed by atoms with Gasteiger partial charge in [0, 0.05) is 43.2 Å². The first-order chi connectivity index (χ1) is 9.97. The number of hydrogen-bond donors (Lipinski definition) is 1. The lowest BCUT2D eigenvalue weighted by Gasteiger charge is -2.29. The molecule has 21 heavy (non-hydrogen) atoms. The highest BCUT2D eigenvalue weighted by Crippen LogP contribution is 2.30. The van der Waals surface area contributed by atoms with Gasteiger partial charge in [-0.15, -0.1) is 0 Å². The second-order valence-corrected chi connectivity index (χ2v) is 6.06. The van der Waals surface area contributed by atoms with Crippen molar-refractivity contribution in [2.24, 2.45) is 5.41 Å². The first-order valence-corrected chi connectivity index (χ1v) is 7.66. The zero-order chi connectivity index (χ0) is 15.9. The van der Waals surface area contributed by atoms with Crippen LogP contribution in [0.5, 0.6) is 5.75 Å². The summed E-state index contributed by atoms with van der Waals surface area (Å²) in [6, 6.07) is 0. The molecule has 1 heterocycles. The minimum absolute atomic E-state index is 0.186. The molecule has 1 N–H and O–H groups in total. The van der Waals surface area contributed by atoms with Crippen molar-refractivity contribution < 1.29 is 9.47 Å². The highest BCUT2D eigenvalue weighted by molar-refractivity contribution is 5.41. The maximum atomic E-state index is 5.51. The molecule has 0 aliphatic rings. The Morgan fingerprint density at radius 3 is 2.57 bits per heavy atom. The Hall–Kier alpha value is -1.13. The predicted molar refractivity (Wildman–Crippen MR) is 87.1 cm³/mol. The van der Waals surface area contributed by atoms with Crippen LogP contribution in [0.2, 0.25) is 0 Å². The molecule has 0 radical (unpaired) electrons. The number of pyridine rings is 1. The van der Waals surface area contributed by atoms with Crippen LogP contribution in [-0.4, -0.2) is 38.9 Å². The fourth-order valence-electron chi connectivity index (χ4n) is 2.53. The van der Waals surface area contributed by atoms with Gasteiger partial charge in [0.1, 0.15) is 5.75 Å². The van der Waals surface area contributed by atoms with Gasteiger partial charge in [-0.3, -0.25) is 4.98 Å². The van der Waals surface area contributed by atoms with Crippen LogP contribution in [-0.2, 0) is 11.2 Å². The SMILES string of the molecule is CCC(C)(CNCCOC)Cc1ncc(C)c(OC)c1C. The van der Waals surface area contributed by atoms with Crippen LogP contribution in [0.1, 0.15) is 37.1 Å². The molecule has 1 atom stereocenters. The zero-order valence-electron chi connectivity index (χ0n) is 14.4. The molecular formula is C17H30N2O2. The van der Waals surface area contributed by atoms with Crippen LogP contribution < -0.4 is 10.1 Å². The Morgan fingerprint density at radius 2 is 2.00 bits per heavy atom. The highest BCUT2D eigenvalue weighted by Gasteiger charge is 2.24. The third-order valence-corrected chi connectivity index (χ3v) is 4.23. The summed E-state index contributed by atoms with van der Waals surface area (Å²) < 4.78 is 10.6. The standard InChI is InChI=1S/C17H30N2O2/c1-7-17(4,12-18-8-9-20-5)10-15-14(3)16(21-6)13(2)11-19-15/h11,18H,7-10,12H2,1-6H3. The van der Waals surface area contributed by atoms with Crippen molar-refractivity contribution in [3.05, 3.63) is 23.0 Å². The minimum Gasteiger partial charge on any atom is -0.496 e. The molecule has 1 aromatic heterocycles. The average Bonchev–Trinajstić information content (AvgIpc) is 2.47. The van der Waals surface area contributed by atoms with E-state index in [4.69, 9.17) is 9.47 Å². The molecule has 120 valence electrons. The van der Waals surface area contributed by atoms with Gasteiger partial charge in [-0.2, -0.15) is 0 Å². The van der Waals surface area contributed by atoms with Crippen molar-refractivity contribution in [3.63, 3.8) is 0 Å². The van der Waals surface area contributed by atoms with Gasteiger partial charge in [0.05, 0.1) is 13.7 Å². The molecule has 4 heteroatoms. The predicted octanol–water partition coefficient (Wildman–Crippen LogP) is 2.90. The van der Waals surface area contributed by atoms with Crippen LogP contribution in [0.3, 0.4) is 0 Å². The largest absolute Gasteiger partial charge is 0.496 e. The average molecular weight is 294 g/mol. The van der Waals surface area contributed by atoms with Gasteiger partial charge in [0.25, 0.3) is 0 Å². The smallest absolute Gasteiger partial charge is 0.128 e. The lowest BCUT2D eigenvalue weighted by atomic mass is 9.81. The van der Waals surface area contributed by atoms with Crippen LogP contribution in [0, 0.1) is 19.3 Å². The van der Waals surface area contributed by atoms with Crippen molar-refractivity contribution in [2.75, 3.05) is 33.9 Å². The molecule has 4 nitrogen and oxygen atoms in total. The number of nitrogens with zero attached hydrogens (tertiary/aromatic N) is 1. The van der Waals surface area contributed by atoms with Gasteiger partial charge in [0.15, 0.2) is 0 Å². The van der Waals surface area contributed by atoms with E-state index in [9.17, 15) is 0 Å². The summed E-state index contributed by atoms with van der Waals surface area (Å²) in [4.78, 5) is 4.63. The summed E-state index contributed by atoms with van der Waals surface area (Å²) in [5.41, 5.74) is 3.57. The second kappa shape index (κ2) is 8.35. The van der Waals surface area contributed by atoms with Gasteiger partial charge in [-0.25, -0.2) is 0 Å². The van der Waals surface area contributed by atoms with Gasteiger partial charge >= 0.3 is 0 Å². The van der Waals surface area contributed by atoms with E-state index in [2.05, 4.69) is 31.1 Å². The maximum absolute atomic E-state index is 5.51. The summed E-state index contributed by atoms with van der Waals surface area (Å²) in [5, 5.41) is 3.47. The van der Waals surface area contributed by atoms with E-state index in [-0.39, 0.29) is 5.41 Å². The molecule has 0 spiro atoms. The van der Waals surface area contributed by atoms with Crippen molar-refractivity contribution in [3.8, 4) is 5.75 Å². The zero-order valence-corrected chi connectivity index (χ0v) is 14.4. The Bertz CT molecular complexity index is 449. The molecule has 0 aliphatic heterocycles. The fourth-order valence-corrected chi connectivity index (χ4v) is 2.53. The molecule has 0 amide bonds. The fraction of sp³-hybridized carbons (Fsp3) is 0.706. The molecular weight excluding hydrogens is 264 g/mol. The molecule has 0 aliphatic carbocycles. The van der Waals surface area contributed by atoms with Crippen LogP contribution in [0.25, 0.3) is 0 Å². The lowest BCUT2D eigenvalue weighted by Crippen LogP contribution is -2.35. The van der Waals surface area contributed by atoms with Crippen LogP contribution in [0.4, 0.5) is 0 Å². The Labute approximate surface area is 129 Å². The number of rotatable bonds is 9. The molecule has 0 saturated heterocycles. The summed E-state index contributed by atoms with van der Waals surface area (Å²) in [6.45, 7) is 11.3. The van der Waals surface area contributed by atoms with Gasteiger partial charge in [-0.1, -0.05) is 13.8 Å². The van der Waals surface area contributed by atoms with Gasteiger partial charge < -0.3 is 14.8 Å². The number of hydrogen-bond acceptors (Lipinski definition) is 4. The van der Waals surface area contributed by atoms with E-state index < -0.39 is 0 Å². The van der Waals surface area contributed by atoms with Crippen LogP contribution in [0.15, 0.2) is 6.20 Å². The van der Waals surface area contributed by atoms with E-state index in [0.717, 1.165) is 55.1 Å². The summed E-state index contributed by atoms with van der Waals surface area (Å²) >= 11 is 0. The van der Waals surface area contributed by atoms with E-state index in [1.54, 1.807) is 14.2 Å². The van der Waals surface area contributed by atoms with Gasteiger partial charge in [-0.05, 0) is 32.1 Å². The Balaban J connectivity index is 2.81. The topological polar surface area (TPSA) is 43.4 Å². The van der Waals surface area contributed by atoms with Crippen molar-refractivity contribution in [2.45, 2.75) is 40.5 Å². The number of aryl methyl sites for hydroxylation is 1. The number of ether oxygens (including phenoxy) is 2. The second-order valence-electron chi connectivity index (χ2n) is 6.06. The van der Waals surface area contributed by atoms with E-state index in [0.29, 0.717) is 0 Å². The van der Waals surface area contributed by atoms with Crippen LogP contribution >= 0.6 is 0 Å². The normalized spacial score (nSPS) is 14.0. The van der Waals surface area contributed by atoms with E-state index in [1.807, 2.05) is 13.1 Å². The third kappa shape index (κ3) is 4.97. The van der Waals surface area contributed by atoms with E-state index in [1.165, 1.54) is 0 Å². The monoisotopic (exact) mass is 294 g/mol. The maximum Gasteiger partial charge on any atom is 0.128 e. The van der Waals surface area contributed by atoms with E-state index >= 15 is 0 Å². The summed E-state index contributed by atoms with van der Waals surface area (Å²) in [6.07, 6.45) is 3.96. The molecule has 0 bridgehead atoms. The molecule has 1 rings (SSSR count). The van der Waals surface area contributed by atoms with Crippen molar-refractivity contribution in [1.82, 2.24) is 10.3 Å². The quantitative estimate of drug-likeness (QED) is 0.711. The van der Waals surface area contributed by atoms with Crippen molar-refractivity contribution in [1.29, 1.82) is 0 Å². The first kappa shape index (κ1) is 17.9. The number of aromatic nitrogens is 1.